The highest BCUT2D eigenvalue weighted by atomic mass is 32.1. The molecule has 2 aromatic heterocycles. The highest BCUT2D eigenvalue weighted by Crippen LogP contribution is 2.30. The van der Waals surface area contributed by atoms with Gasteiger partial charge in [0.2, 0.25) is 0 Å². The number of thiazole rings is 1. The number of hydrogen-bond donors (Lipinski definition) is 1. The molecule has 4 heteroatoms. The first-order valence-electron chi connectivity index (χ1n) is 6.12. The van der Waals surface area contributed by atoms with Crippen molar-refractivity contribution in [3.8, 4) is 0 Å². The topological polar surface area (TPSA) is 46.0 Å². The Morgan fingerprint density at radius 1 is 1.21 bits per heavy atom. The lowest BCUT2D eigenvalue weighted by molar-refractivity contribution is 0.223. The summed E-state index contributed by atoms with van der Waals surface area (Å²) in [5, 5.41) is 12.5. The van der Waals surface area contributed by atoms with E-state index in [4.69, 9.17) is 0 Å². The number of nitrogens with zero attached hydrogens (tertiary/aromatic N) is 2. The third kappa shape index (κ3) is 2.25. The fourth-order valence-electron chi connectivity index (χ4n) is 2.21. The maximum atomic E-state index is 10.5. The van der Waals surface area contributed by atoms with Crippen LogP contribution in [0.4, 0.5) is 0 Å². The second-order valence-electron chi connectivity index (χ2n) is 4.54. The number of pyridine rings is 1. The van der Waals surface area contributed by atoms with Crippen LogP contribution in [0, 0.1) is 13.8 Å². The fraction of sp³-hybridized carbons (Fsp3) is 0.200. The van der Waals surface area contributed by atoms with E-state index < -0.39 is 6.10 Å². The number of aliphatic hydroxyl groups excluding tert-OH is 1. The lowest BCUT2D eigenvalue weighted by Crippen LogP contribution is -1.99. The Morgan fingerprint density at radius 2 is 2.05 bits per heavy atom. The predicted molar refractivity (Wildman–Crippen MR) is 77.4 cm³/mol. The lowest BCUT2D eigenvalue weighted by Gasteiger charge is -2.10. The minimum absolute atomic E-state index is 0.627. The highest BCUT2D eigenvalue weighted by molar-refractivity contribution is 7.11. The Morgan fingerprint density at radius 3 is 2.79 bits per heavy atom. The zero-order valence-electron chi connectivity index (χ0n) is 10.8. The van der Waals surface area contributed by atoms with Gasteiger partial charge in [-0.25, -0.2) is 4.98 Å². The molecule has 0 fully saturated rings. The molecule has 1 N–H and O–H groups in total. The van der Waals surface area contributed by atoms with Crippen LogP contribution in [0.15, 0.2) is 36.5 Å². The van der Waals surface area contributed by atoms with E-state index in [0.717, 1.165) is 32.0 Å². The number of benzene rings is 1. The van der Waals surface area contributed by atoms with Crippen molar-refractivity contribution in [3.05, 3.63) is 57.7 Å². The van der Waals surface area contributed by atoms with Gasteiger partial charge in [0, 0.05) is 11.6 Å². The first kappa shape index (κ1) is 12.3. The monoisotopic (exact) mass is 270 g/mol. The second kappa shape index (κ2) is 4.72. The molecule has 0 aliphatic rings. The van der Waals surface area contributed by atoms with E-state index in [1.54, 1.807) is 17.5 Å². The Kier molecular flexibility index (Phi) is 3.05. The number of aliphatic hydroxyl groups is 1. The largest absolute Gasteiger partial charge is 0.383 e. The molecule has 0 aliphatic heterocycles. The van der Waals surface area contributed by atoms with Crippen LogP contribution in [0.3, 0.4) is 0 Å². The van der Waals surface area contributed by atoms with Gasteiger partial charge < -0.3 is 5.11 Å². The maximum Gasteiger partial charge on any atom is 0.115 e. The van der Waals surface area contributed by atoms with Crippen molar-refractivity contribution in [2.24, 2.45) is 0 Å². The summed E-state index contributed by atoms with van der Waals surface area (Å²) in [5.74, 6) is 0. The van der Waals surface area contributed by atoms with Gasteiger partial charge in [-0.05, 0) is 31.5 Å². The van der Waals surface area contributed by atoms with E-state index in [0.29, 0.717) is 0 Å². The molecule has 2 heterocycles. The molecular formula is C15H14N2OS. The van der Waals surface area contributed by atoms with Crippen LogP contribution >= 0.6 is 11.3 Å². The Balaban J connectivity index is 2.06. The van der Waals surface area contributed by atoms with Gasteiger partial charge in [0.25, 0.3) is 0 Å². The number of hydrogen-bond acceptors (Lipinski definition) is 4. The normalized spacial score (nSPS) is 12.8. The van der Waals surface area contributed by atoms with Gasteiger partial charge >= 0.3 is 0 Å². The van der Waals surface area contributed by atoms with Crippen molar-refractivity contribution in [2.75, 3.05) is 0 Å². The Labute approximate surface area is 115 Å². The molecule has 3 nitrogen and oxygen atoms in total. The van der Waals surface area contributed by atoms with Crippen LogP contribution in [0.25, 0.3) is 10.9 Å². The molecule has 1 unspecified atom stereocenters. The average Bonchev–Trinajstić information content (AvgIpc) is 2.76. The smallest absolute Gasteiger partial charge is 0.115 e. The molecule has 0 spiro atoms. The zero-order valence-corrected chi connectivity index (χ0v) is 11.6. The second-order valence-corrected chi connectivity index (χ2v) is 5.78. The van der Waals surface area contributed by atoms with Crippen LogP contribution in [0.2, 0.25) is 0 Å². The number of rotatable bonds is 2. The van der Waals surface area contributed by atoms with Gasteiger partial charge in [-0.1, -0.05) is 18.2 Å². The molecule has 0 saturated carbocycles. The van der Waals surface area contributed by atoms with Crippen molar-refractivity contribution >= 4 is 22.2 Å². The highest BCUT2D eigenvalue weighted by Gasteiger charge is 2.17. The van der Waals surface area contributed by atoms with Crippen molar-refractivity contribution in [3.63, 3.8) is 0 Å². The minimum atomic E-state index is -0.627. The van der Waals surface area contributed by atoms with Gasteiger partial charge in [0.05, 0.1) is 21.1 Å². The van der Waals surface area contributed by atoms with Crippen LogP contribution in [-0.2, 0) is 0 Å². The molecule has 3 rings (SSSR count). The SMILES string of the molecule is Cc1nc(C)c(C(O)c2ccc3cccnc3c2)s1. The van der Waals surface area contributed by atoms with Crippen LogP contribution in [0.5, 0.6) is 0 Å². The Hall–Kier alpha value is -1.78. The summed E-state index contributed by atoms with van der Waals surface area (Å²) in [6.07, 6.45) is 1.14. The van der Waals surface area contributed by atoms with E-state index in [9.17, 15) is 5.11 Å². The van der Waals surface area contributed by atoms with E-state index >= 15 is 0 Å². The van der Waals surface area contributed by atoms with Crippen molar-refractivity contribution in [2.45, 2.75) is 20.0 Å². The number of aromatic nitrogens is 2. The fourth-order valence-corrected chi connectivity index (χ4v) is 3.15. The van der Waals surface area contributed by atoms with E-state index in [1.807, 2.05) is 44.2 Å². The Bertz CT molecular complexity index is 736. The van der Waals surface area contributed by atoms with Gasteiger partial charge in [0.15, 0.2) is 0 Å². The van der Waals surface area contributed by atoms with Gasteiger partial charge in [-0.15, -0.1) is 11.3 Å². The third-order valence-corrected chi connectivity index (χ3v) is 4.26. The first-order valence-corrected chi connectivity index (χ1v) is 6.93. The quantitative estimate of drug-likeness (QED) is 0.776. The molecular weight excluding hydrogens is 256 g/mol. The molecule has 0 aliphatic carbocycles. The average molecular weight is 270 g/mol. The summed E-state index contributed by atoms with van der Waals surface area (Å²) in [4.78, 5) is 9.60. The van der Waals surface area contributed by atoms with Gasteiger partial charge in [-0.3, -0.25) is 4.98 Å². The van der Waals surface area contributed by atoms with Crippen molar-refractivity contribution in [1.29, 1.82) is 0 Å². The lowest BCUT2D eigenvalue weighted by atomic mass is 10.0. The maximum absolute atomic E-state index is 10.5. The van der Waals surface area contributed by atoms with Gasteiger partial charge in [0.1, 0.15) is 6.10 Å². The summed E-state index contributed by atoms with van der Waals surface area (Å²) in [6.45, 7) is 3.89. The summed E-state index contributed by atoms with van der Waals surface area (Å²) in [5.41, 5.74) is 2.66. The summed E-state index contributed by atoms with van der Waals surface area (Å²) < 4.78 is 0. The minimum Gasteiger partial charge on any atom is -0.383 e. The zero-order chi connectivity index (χ0) is 13.4. The molecule has 0 amide bonds. The van der Waals surface area contributed by atoms with Crippen molar-refractivity contribution < 1.29 is 5.11 Å². The molecule has 3 aromatic rings. The van der Waals surface area contributed by atoms with Crippen LogP contribution in [0.1, 0.15) is 27.2 Å². The van der Waals surface area contributed by atoms with E-state index in [-0.39, 0.29) is 0 Å². The third-order valence-electron chi connectivity index (χ3n) is 3.13. The molecule has 1 atom stereocenters. The standard InChI is InChI=1S/C15H14N2OS/c1-9-15(19-10(2)17-9)14(18)12-6-5-11-4-3-7-16-13(11)8-12/h3-8,14,18H,1-2H3. The molecule has 19 heavy (non-hydrogen) atoms. The summed E-state index contributed by atoms with van der Waals surface area (Å²) >= 11 is 1.54. The molecule has 0 saturated heterocycles. The number of fused-ring (bicyclic) bond motifs is 1. The molecule has 0 bridgehead atoms. The van der Waals surface area contributed by atoms with E-state index in [1.165, 1.54) is 0 Å². The van der Waals surface area contributed by atoms with Crippen LogP contribution in [-0.4, -0.2) is 15.1 Å². The first-order chi connectivity index (χ1) is 9.15. The summed E-state index contributed by atoms with van der Waals surface area (Å²) in [6, 6.07) is 9.80. The molecule has 0 radical (unpaired) electrons. The summed E-state index contributed by atoms with van der Waals surface area (Å²) in [7, 11) is 0. The van der Waals surface area contributed by atoms with Gasteiger partial charge in [-0.2, -0.15) is 0 Å². The number of aryl methyl sites for hydroxylation is 2. The van der Waals surface area contributed by atoms with E-state index in [2.05, 4.69) is 9.97 Å². The van der Waals surface area contributed by atoms with Crippen molar-refractivity contribution in [1.82, 2.24) is 9.97 Å². The van der Waals surface area contributed by atoms with Crippen LogP contribution < -0.4 is 0 Å². The molecule has 1 aromatic carbocycles. The predicted octanol–water partition coefficient (Wildman–Crippen LogP) is 3.39. The molecule has 96 valence electrons.